The van der Waals surface area contributed by atoms with Gasteiger partial charge in [0.2, 0.25) is 5.13 Å². The first-order valence-corrected chi connectivity index (χ1v) is 4.81. The Morgan fingerprint density at radius 2 is 2.54 bits per heavy atom. The molecule has 0 bridgehead atoms. The fraction of sp³-hybridized carbons (Fsp3) is 0.714. The molecule has 0 amide bonds. The highest BCUT2D eigenvalue weighted by Gasteiger charge is 2.19. The molecule has 5 nitrogen and oxygen atoms in total. The van der Waals surface area contributed by atoms with Crippen molar-refractivity contribution in [3.63, 3.8) is 0 Å². The average Bonchev–Trinajstić information content (AvgIpc) is 2.46. The largest absolute Gasteiger partial charge is 0.377 e. The van der Waals surface area contributed by atoms with Crippen molar-refractivity contribution in [3.8, 4) is 0 Å². The van der Waals surface area contributed by atoms with Gasteiger partial charge in [0.05, 0.1) is 19.3 Å². The zero-order valence-corrected chi connectivity index (χ0v) is 8.13. The van der Waals surface area contributed by atoms with E-state index in [-0.39, 0.29) is 0 Å². The Labute approximate surface area is 80.2 Å². The molecule has 0 aromatic carbocycles. The number of nitrogens with zero attached hydrogens (tertiary/aromatic N) is 2. The third kappa shape index (κ3) is 2.15. The van der Waals surface area contributed by atoms with E-state index >= 15 is 0 Å². The van der Waals surface area contributed by atoms with Crippen molar-refractivity contribution >= 4 is 16.7 Å². The number of methoxy groups -OCH3 is 1. The molecule has 1 aromatic rings. The quantitative estimate of drug-likeness (QED) is 0.768. The van der Waals surface area contributed by atoms with Crippen molar-refractivity contribution < 1.29 is 9.47 Å². The standard InChI is InChI=1S/C7H11N3O2S/c1-11-4-6-9-7(13-10-6)8-5-2-12-3-5/h5H,2-4H2,1H3,(H,8,9,10). The van der Waals surface area contributed by atoms with Gasteiger partial charge in [0, 0.05) is 18.6 Å². The maximum atomic E-state index is 5.03. The molecule has 0 spiro atoms. The number of aromatic nitrogens is 2. The zero-order chi connectivity index (χ0) is 9.10. The van der Waals surface area contributed by atoms with Crippen molar-refractivity contribution in [1.29, 1.82) is 0 Å². The topological polar surface area (TPSA) is 56.3 Å². The predicted molar refractivity (Wildman–Crippen MR) is 48.9 cm³/mol. The lowest BCUT2D eigenvalue weighted by Gasteiger charge is -2.26. The molecule has 13 heavy (non-hydrogen) atoms. The third-order valence-corrected chi connectivity index (χ3v) is 2.39. The number of anilines is 1. The molecule has 2 heterocycles. The molecule has 1 saturated heterocycles. The van der Waals surface area contributed by atoms with Crippen LogP contribution in [0.25, 0.3) is 0 Å². The summed E-state index contributed by atoms with van der Waals surface area (Å²) >= 11 is 1.36. The first-order chi connectivity index (χ1) is 6.38. The maximum absolute atomic E-state index is 5.03. The molecule has 0 unspecified atom stereocenters. The van der Waals surface area contributed by atoms with E-state index in [4.69, 9.17) is 9.47 Å². The fourth-order valence-electron chi connectivity index (χ4n) is 0.994. The van der Waals surface area contributed by atoms with E-state index in [1.165, 1.54) is 11.5 Å². The minimum Gasteiger partial charge on any atom is -0.377 e. The zero-order valence-electron chi connectivity index (χ0n) is 7.32. The molecule has 1 aliphatic rings. The summed E-state index contributed by atoms with van der Waals surface area (Å²) in [4.78, 5) is 4.24. The molecule has 72 valence electrons. The van der Waals surface area contributed by atoms with Gasteiger partial charge in [0.1, 0.15) is 6.61 Å². The predicted octanol–water partition coefficient (Wildman–Crippen LogP) is 0.495. The second-order valence-corrected chi connectivity index (χ2v) is 3.58. The second kappa shape index (κ2) is 3.99. The van der Waals surface area contributed by atoms with Crippen LogP contribution in [-0.4, -0.2) is 35.7 Å². The van der Waals surface area contributed by atoms with Gasteiger partial charge >= 0.3 is 0 Å². The Kier molecular flexibility index (Phi) is 2.72. The normalized spacial score (nSPS) is 17.0. The lowest BCUT2D eigenvalue weighted by Crippen LogP contribution is -2.40. The van der Waals surface area contributed by atoms with Crippen LogP contribution in [0.4, 0.5) is 5.13 Å². The molecule has 1 aliphatic heterocycles. The van der Waals surface area contributed by atoms with Crippen molar-refractivity contribution in [3.05, 3.63) is 5.82 Å². The monoisotopic (exact) mass is 201 g/mol. The third-order valence-electron chi connectivity index (χ3n) is 1.71. The van der Waals surface area contributed by atoms with Crippen LogP contribution in [0.5, 0.6) is 0 Å². The van der Waals surface area contributed by atoms with Crippen LogP contribution in [0.2, 0.25) is 0 Å². The van der Waals surface area contributed by atoms with E-state index in [9.17, 15) is 0 Å². The number of rotatable bonds is 4. The van der Waals surface area contributed by atoms with Crippen molar-refractivity contribution in [1.82, 2.24) is 9.36 Å². The molecular formula is C7H11N3O2S. The van der Waals surface area contributed by atoms with Crippen LogP contribution in [-0.2, 0) is 16.1 Å². The van der Waals surface area contributed by atoms with Crippen LogP contribution in [0.15, 0.2) is 0 Å². The first-order valence-electron chi connectivity index (χ1n) is 4.04. The second-order valence-electron chi connectivity index (χ2n) is 2.83. The molecular weight excluding hydrogens is 190 g/mol. The van der Waals surface area contributed by atoms with Crippen molar-refractivity contribution in [2.75, 3.05) is 25.6 Å². The number of nitrogens with one attached hydrogen (secondary N) is 1. The molecule has 1 aromatic heterocycles. The molecule has 0 aliphatic carbocycles. The SMILES string of the molecule is COCc1nsc(NC2COC2)n1. The summed E-state index contributed by atoms with van der Waals surface area (Å²) in [6, 6.07) is 0.406. The minimum absolute atomic E-state index is 0.406. The van der Waals surface area contributed by atoms with Crippen molar-refractivity contribution in [2.45, 2.75) is 12.6 Å². The first kappa shape index (κ1) is 8.86. The lowest BCUT2D eigenvalue weighted by atomic mass is 10.3. The van der Waals surface area contributed by atoms with Gasteiger partial charge in [-0.05, 0) is 0 Å². The van der Waals surface area contributed by atoms with Gasteiger partial charge in [0.25, 0.3) is 0 Å². The van der Waals surface area contributed by atoms with Crippen LogP contribution in [0, 0.1) is 0 Å². The fourth-order valence-corrected chi connectivity index (χ4v) is 1.64. The van der Waals surface area contributed by atoms with Crippen LogP contribution >= 0.6 is 11.5 Å². The number of hydrogen-bond donors (Lipinski definition) is 1. The molecule has 0 radical (unpaired) electrons. The number of hydrogen-bond acceptors (Lipinski definition) is 6. The molecule has 2 rings (SSSR count). The summed E-state index contributed by atoms with van der Waals surface area (Å²) in [7, 11) is 1.63. The van der Waals surface area contributed by atoms with Gasteiger partial charge in [-0.1, -0.05) is 0 Å². The molecule has 0 atom stereocenters. The number of ether oxygens (including phenoxy) is 2. The smallest absolute Gasteiger partial charge is 0.203 e. The van der Waals surface area contributed by atoms with Crippen LogP contribution in [0.1, 0.15) is 5.82 Å². The maximum Gasteiger partial charge on any atom is 0.203 e. The van der Waals surface area contributed by atoms with Crippen LogP contribution in [0.3, 0.4) is 0 Å². The van der Waals surface area contributed by atoms with Gasteiger partial charge < -0.3 is 14.8 Å². The Balaban J connectivity index is 1.88. The van der Waals surface area contributed by atoms with E-state index in [0.717, 1.165) is 24.2 Å². The summed E-state index contributed by atoms with van der Waals surface area (Å²) < 4.78 is 14.1. The van der Waals surface area contributed by atoms with Crippen LogP contribution < -0.4 is 5.32 Å². The average molecular weight is 201 g/mol. The minimum atomic E-state index is 0.406. The van der Waals surface area contributed by atoms with E-state index in [2.05, 4.69) is 14.7 Å². The highest BCUT2D eigenvalue weighted by Crippen LogP contribution is 2.15. The van der Waals surface area contributed by atoms with Gasteiger partial charge in [-0.25, -0.2) is 4.98 Å². The highest BCUT2D eigenvalue weighted by molar-refractivity contribution is 7.09. The van der Waals surface area contributed by atoms with Crippen molar-refractivity contribution in [2.24, 2.45) is 0 Å². The Bertz CT molecular complexity index is 274. The van der Waals surface area contributed by atoms with Gasteiger partial charge in [-0.15, -0.1) is 0 Å². The summed E-state index contributed by atoms with van der Waals surface area (Å²) in [5, 5.41) is 4.07. The van der Waals surface area contributed by atoms with E-state index < -0.39 is 0 Å². The van der Waals surface area contributed by atoms with E-state index in [1.807, 2.05) is 0 Å². The van der Waals surface area contributed by atoms with E-state index in [1.54, 1.807) is 7.11 Å². The van der Waals surface area contributed by atoms with E-state index in [0.29, 0.717) is 12.6 Å². The summed E-state index contributed by atoms with van der Waals surface area (Å²) in [6.07, 6.45) is 0. The summed E-state index contributed by atoms with van der Waals surface area (Å²) in [5.74, 6) is 0.732. The Hall–Kier alpha value is -0.720. The summed E-state index contributed by atoms with van der Waals surface area (Å²) in [5.41, 5.74) is 0. The molecule has 6 heteroatoms. The molecule has 1 fully saturated rings. The molecule has 1 N–H and O–H groups in total. The highest BCUT2D eigenvalue weighted by atomic mass is 32.1. The van der Waals surface area contributed by atoms with Gasteiger partial charge in [-0.2, -0.15) is 4.37 Å². The Morgan fingerprint density at radius 1 is 1.69 bits per heavy atom. The lowest BCUT2D eigenvalue weighted by molar-refractivity contribution is 0.0211. The van der Waals surface area contributed by atoms with Gasteiger partial charge in [-0.3, -0.25) is 0 Å². The van der Waals surface area contributed by atoms with Gasteiger partial charge in [0.15, 0.2) is 5.82 Å². The Morgan fingerprint density at radius 3 is 3.15 bits per heavy atom. The molecule has 0 saturated carbocycles. The summed E-state index contributed by atoms with van der Waals surface area (Å²) in [6.45, 7) is 2.00.